The maximum Gasteiger partial charge on any atom is 0.309 e. The van der Waals surface area contributed by atoms with Gasteiger partial charge in [-0.05, 0) is 50.1 Å². The van der Waals surface area contributed by atoms with E-state index in [1.807, 2.05) is 0 Å². The normalized spacial score (nSPS) is 14.0. The molecule has 2 amide bonds. The summed E-state index contributed by atoms with van der Waals surface area (Å²) in [6.07, 6.45) is 0.773. The molecular formula is C22H22FN3O6. The van der Waals surface area contributed by atoms with Crippen LogP contribution in [-0.4, -0.2) is 47.3 Å². The second-order valence-corrected chi connectivity index (χ2v) is 7.49. The number of hydrogen-bond donors (Lipinski definition) is 1. The van der Waals surface area contributed by atoms with Crippen LogP contribution in [0.5, 0.6) is 0 Å². The van der Waals surface area contributed by atoms with Gasteiger partial charge in [0.2, 0.25) is 0 Å². The molecule has 3 rings (SSSR count). The van der Waals surface area contributed by atoms with Gasteiger partial charge >= 0.3 is 5.97 Å². The Morgan fingerprint density at radius 3 is 2.44 bits per heavy atom. The van der Waals surface area contributed by atoms with Crippen LogP contribution in [0, 0.1) is 28.8 Å². The number of hydrogen-bond acceptors (Lipinski definition) is 6. The number of ether oxygens (including phenoxy) is 1. The molecule has 0 atom stereocenters. The zero-order valence-electron chi connectivity index (χ0n) is 17.4. The molecule has 2 aromatic rings. The minimum absolute atomic E-state index is 0.123. The van der Waals surface area contributed by atoms with Crippen LogP contribution in [0.25, 0.3) is 0 Å². The molecule has 9 nitrogen and oxygen atoms in total. The minimum Gasteiger partial charge on any atom is -0.455 e. The Hall–Kier alpha value is -3.82. The monoisotopic (exact) mass is 443 g/mol. The van der Waals surface area contributed by atoms with Crippen molar-refractivity contribution in [1.29, 1.82) is 0 Å². The van der Waals surface area contributed by atoms with Crippen molar-refractivity contribution >= 4 is 29.2 Å². The molecule has 0 aromatic heterocycles. The zero-order valence-corrected chi connectivity index (χ0v) is 17.4. The highest BCUT2D eigenvalue weighted by molar-refractivity contribution is 5.94. The number of amides is 2. The average molecular weight is 443 g/mol. The number of piperidine rings is 1. The first-order valence-corrected chi connectivity index (χ1v) is 10.0. The van der Waals surface area contributed by atoms with Gasteiger partial charge in [-0.1, -0.05) is 6.07 Å². The Kier molecular flexibility index (Phi) is 7.14. The van der Waals surface area contributed by atoms with E-state index in [1.54, 1.807) is 11.8 Å². The number of carbonyl (C=O) groups excluding carboxylic acids is 3. The van der Waals surface area contributed by atoms with E-state index in [9.17, 15) is 28.9 Å². The van der Waals surface area contributed by atoms with Gasteiger partial charge in [0.15, 0.2) is 6.61 Å². The summed E-state index contributed by atoms with van der Waals surface area (Å²) in [6, 6.07) is 9.55. The van der Waals surface area contributed by atoms with E-state index >= 15 is 0 Å². The summed E-state index contributed by atoms with van der Waals surface area (Å²) >= 11 is 0. The van der Waals surface area contributed by atoms with Crippen LogP contribution in [0.15, 0.2) is 42.5 Å². The Balaban J connectivity index is 1.45. The molecule has 0 bridgehead atoms. The lowest BCUT2D eigenvalue weighted by atomic mass is 9.96. The third-order valence-electron chi connectivity index (χ3n) is 5.24. The summed E-state index contributed by atoms with van der Waals surface area (Å²) in [5.74, 6) is -2.25. The number of likely N-dealkylation sites (tertiary alicyclic amines) is 1. The van der Waals surface area contributed by atoms with Crippen LogP contribution in [0.2, 0.25) is 0 Å². The fourth-order valence-electron chi connectivity index (χ4n) is 3.43. The minimum atomic E-state index is -0.611. The standard InChI is InChI=1S/C22H22FN3O6/c1-14-2-7-18(12-19(14)26(30)31)24-20(27)13-32-22(29)16-8-10-25(11-9-16)21(28)15-3-5-17(23)6-4-15/h2-7,12,16H,8-11,13H2,1H3,(H,24,27). The number of benzene rings is 2. The van der Waals surface area contributed by atoms with Crippen molar-refractivity contribution in [2.24, 2.45) is 5.92 Å². The van der Waals surface area contributed by atoms with Gasteiger partial charge in [-0.25, -0.2) is 4.39 Å². The van der Waals surface area contributed by atoms with E-state index in [1.165, 1.54) is 42.5 Å². The molecule has 1 fully saturated rings. The summed E-state index contributed by atoms with van der Waals surface area (Å²) in [7, 11) is 0. The molecule has 1 aliphatic heterocycles. The highest BCUT2D eigenvalue weighted by Crippen LogP contribution is 2.23. The van der Waals surface area contributed by atoms with Crippen molar-refractivity contribution in [1.82, 2.24) is 4.90 Å². The lowest BCUT2D eigenvalue weighted by Gasteiger charge is -2.31. The number of anilines is 1. The van der Waals surface area contributed by atoms with Gasteiger partial charge < -0.3 is 15.0 Å². The molecule has 168 valence electrons. The highest BCUT2D eigenvalue weighted by Gasteiger charge is 2.29. The van der Waals surface area contributed by atoms with Crippen molar-refractivity contribution < 1.29 is 28.4 Å². The maximum absolute atomic E-state index is 13.0. The Morgan fingerprint density at radius 1 is 1.16 bits per heavy atom. The fraction of sp³-hybridized carbons (Fsp3) is 0.318. The van der Waals surface area contributed by atoms with E-state index in [-0.39, 0.29) is 17.3 Å². The number of esters is 1. The first-order valence-electron chi connectivity index (χ1n) is 10.0. The van der Waals surface area contributed by atoms with Crippen molar-refractivity contribution in [3.05, 3.63) is 69.5 Å². The lowest BCUT2D eigenvalue weighted by molar-refractivity contribution is -0.385. The van der Waals surface area contributed by atoms with E-state index < -0.39 is 35.1 Å². The number of nitro benzene ring substituents is 1. The summed E-state index contributed by atoms with van der Waals surface area (Å²) < 4.78 is 18.1. The topological polar surface area (TPSA) is 119 Å². The van der Waals surface area contributed by atoms with E-state index in [0.717, 1.165) is 0 Å². The van der Waals surface area contributed by atoms with Crippen LogP contribution in [-0.2, 0) is 14.3 Å². The quantitative estimate of drug-likeness (QED) is 0.416. The molecule has 1 saturated heterocycles. The summed E-state index contributed by atoms with van der Waals surface area (Å²) in [6.45, 7) is 1.75. The van der Waals surface area contributed by atoms with Gasteiger partial charge in [-0.15, -0.1) is 0 Å². The van der Waals surface area contributed by atoms with Crippen LogP contribution in [0.1, 0.15) is 28.8 Å². The molecule has 1 N–H and O–H groups in total. The Bertz CT molecular complexity index is 1030. The molecule has 1 heterocycles. The first-order chi connectivity index (χ1) is 15.2. The second-order valence-electron chi connectivity index (χ2n) is 7.49. The van der Waals surface area contributed by atoms with E-state index in [2.05, 4.69) is 5.32 Å². The van der Waals surface area contributed by atoms with Crippen molar-refractivity contribution in [2.75, 3.05) is 25.0 Å². The largest absolute Gasteiger partial charge is 0.455 e. The molecule has 0 aliphatic carbocycles. The van der Waals surface area contributed by atoms with Gasteiger partial charge in [0.1, 0.15) is 5.82 Å². The number of nitrogens with one attached hydrogen (secondary N) is 1. The number of rotatable bonds is 6. The van der Waals surface area contributed by atoms with Crippen molar-refractivity contribution in [3.63, 3.8) is 0 Å². The number of nitro groups is 1. The Labute approximate surface area is 183 Å². The van der Waals surface area contributed by atoms with Crippen LogP contribution in [0.4, 0.5) is 15.8 Å². The average Bonchev–Trinajstić information content (AvgIpc) is 2.78. The van der Waals surface area contributed by atoms with Crippen LogP contribution in [0.3, 0.4) is 0 Å². The third kappa shape index (κ3) is 5.65. The summed E-state index contributed by atoms with van der Waals surface area (Å²) in [5, 5.41) is 13.5. The van der Waals surface area contributed by atoms with Crippen LogP contribution < -0.4 is 5.32 Å². The molecule has 1 aliphatic rings. The number of nitrogens with zero attached hydrogens (tertiary/aromatic N) is 2. The number of carbonyl (C=O) groups is 3. The summed E-state index contributed by atoms with van der Waals surface area (Å²) in [5.41, 5.74) is 0.946. The first kappa shape index (κ1) is 22.9. The van der Waals surface area contributed by atoms with Gasteiger partial charge in [-0.2, -0.15) is 0 Å². The van der Waals surface area contributed by atoms with Gasteiger partial charge in [0.05, 0.1) is 10.8 Å². The molecule has 32 heavy (non-hydrogen) atoms. The molecule has 0 saturated carbocycles. The smallest absolute Gasteiger partial charge is 0.309 e. The predicted molar refractivity (Wildman–Crippen MR) is 112 cm³/mol. The SMILES string of the molecule is Cc1ccc(NC(=O)COC(=O)C2CCN(C(=O)c3ccc(F)cc3)CC2)cc1[N+](=O)[O-]. The fourth-order valence-corrected chi connectivity index (χ4v) is 3.43. The number of halogens is 1. The molecule has 10 heteroatoms. The van der Waals surface area contributed by atoms with E-state index in [4.69, 9.17) is 4.74 Å². The molecule has 2 aromatic carbocycles. The molecule has 0 radical (unpaired) electrons. The van der Waals surface area contributed by atoms with Gasteiger partial charge in [-0.3, -0.25) is 24.5 Å². The van der Waals surface area contributed by atoms with Crippen molar-refractivity contribution in [3.8, 4) is 0 Å². The third-order valence-corrected chi connectivity index (χ3v) is 5.24. The zero-order chi connectivity index (χ0) is 23.3. The molecular weight excluding hydrogens is 421 g/mol. The van der Waals surface area contributed by atoms with Crippen LogP contribution >= 0.6 is 0 Å². The number of aryl methyl sites for hydroxylation is 1. The van der Waals surface area contributed by atoms with Gasteiger partial charge in [0.25, 0.3) is 17.5 Å². The molecule has 0 unspecified atom stereocenters. The Morgan fingerprint density at radius 2 is 1.81 bits per heavy atom. The van der Waals surface area contributed by atoms with E-state index in [0.29, 0.717) is 37.1 Å². The second kappa shape index (κ2) is 9.99. The molecule has 0 spiro atoms. The van der Waals surface area contributed by atoms with Crippen molar-refractivity contribution in [2.45, 2.75) is 19.8 Å². The maximum atomic E-state index is 13.0. The lowest BCUT2D eigenvalue weighted by Crippen LogP contribution is -2.41. The summed E-state index contributed by atoms with van der Waals surface area (Å²) in [4.78, 5) is 48.8. The predicted octanol–water partition coefficient (Wildman–Crippen LogP) is 3.08. The highest BCUT2D eigenvalue weighted by atomic mass is 19.1. The van der Waals surface area contributed by atoms with Gasteiger partial charge in [0, 0.05) is 36.0 Å².